The summed E-state index contributed by atoms with van der Waals surface area (Å²) in [7, 11) is -1.99. The van der Waals surface area contributed by atoms with Gasteiger partial charge in [-0.05, 0) is 44.0 Å². The SMILES string of the molecule is Cc1ccc(S(=O)(=O)N2CCC[C@H]2C(=O)N(C)c2ccccc2)cc1. The predicted octanol–water partition coefficient (Wildman–Crippen LogP) is 2.81. The van der Waals surface area contributed by atoms with Gasteiger partial charge in [-0.3, -0.25) is 4.79 Å². The minimum absolute atomic E-state index is 0.195. The van der Waals surface area contributed by atoms with Crippen molar-refractivity contribution in [2.24, 2.45) is 0 Å². The fourth-order valence-corrected chi connectivity index (χ4v) is 4.77. The molecule has 3 rings (SSSR count). The number of likely N-dealkylation sites (N-methyl/N-ethyl adjacent to an activating group) is 1. The third-order valence-electron chi connectivity index (χ3n) is 4.59. The number of benzene rings is 2. The van der Waals surface area contributed by atoms with E-state index in [1.165, 1.54) is 9.21 Å². The second-order valence-corrected chi connectivity index (χ2v) is 8.21. The quantitative estimate of drug-likeness (QED) is 0.844. The summed E-state index contributed by atoms with van der Waals surface area (Å²) < 4.78 is 27.3. The van der Waals surface area contributed by atoms with E-state index < -0.39 is 16.1 Å². The number of amides is 1. The third kappa shape index (κ3) is 3.45. The molecule has 1 aliphatic heterocycles. The molecule has 0 bridgehead atoms. The zero-order chi connectivity index (χ0) is 18.0. The smallest absolute Gasteiger partial charge is 0.245 e. The monoisotopic (exact) mass is 358 g/mol. The van der Waals surface area contributed by atoms with Crippen LogP contribution in [0.25, 0.3) is 0 Å². The molecule has 0 unspecified atom stereocenters. The molecule has 2 aromatic carbocycles. The summed E-state index contributed by atoms with van der Waals surface area (Å²) in [4.78, 5) is 14.7. The lowest BCUT2D eigenvalue weighted by molar-refractivity contribution is -0.121. The van der Waals surface area contributed by atoms with E-state index in [0.29, 0.717) is 19.4 Å². The molecule has 0 spiro atoms. The van der Waals surface area contributed by atoms with Gasteiger partial charge in [-0.2, -0.15) is 4.31 Å². The lowest BCUT2D eigenvalue weighted by Crippen LogP contribution is -2.46. The molecule has 5 nitrogen and oxygen atoms in total. The van der Waals surface area contributed by atoms with Crippen molar-refractivity contribution in [1.29, 1.82) is 0 Å². The summed E-state index contributed by atoms with van der Waals surface area (Å²) in [6, 6.07) is 15.4. The number of anilines is 1. The molecule has 1 amide bonds. The molecular formula is C19H22N2O3S. The van der Waals surface area contributed by atoms with Gasteiger partial charge in [-0.15, -0.1) is 0 Å². The highest BCUT2D eigenvalue weighted by Gasteiger charge is 2.40. The molecule has 0 aromatic heterocycles. The number of sulfonamides is 1. The number of carbonyl (C=O) groups excluding carboxylic acids is 1. The first-order chi connectivity index (χ1) is 11.9. The zero-order valence-corrected chi connectivity index (χ0v) is 15.2. The van der Waals surface area contributed by atoms with Crippen LogP contribution in [0.5, 0.6) is 0 Å². The minimum atomic E-state index is -3.68. The van der Waals surface area contributed by atoms with Gasteiger partial charge in [0.15, 0.2) is 0 Å². The van der Waals surface area contributed by atoms with Crippen LogP contribution in [0.1, 0.15) is 18.4 Å². The second kappa shape index (κ2) is 6.98. The van der Waals surface area contributed by atoms with Gasteiger partial charge < -0.3 is 4.90 Å². The second-order valence-electron chi connectivity index (χ2n) is 6.32. The highest BCUT2D eigenvalue weighted by molar-refractivity contribution is 7.89. The maximum Gasteiger partial charge on any atom is 0.245 e. The molecule has 0 N–H and O–H groups in total. The number of aryl methyl sites for hydroxylation is 1. The Labute approximate surface area is 148 Å². The molecule has 25 heavy (non-hydrogen) atoms. The molecule has 2 aromatic rings. The van der Waals surface area contributed by atoms with E-state index in [2.05, 4.69) is 0 Å². The number of para-hydroxylation sites is 1. The van der Waals surface area contributed by atoms with Gasteiger partial charge in [0.25, 0.3) is 0 Å². The van der Waals surface area contributed by atoms with Gasteiger partial charge in [0.05, 0.1) is 4.90 Å². The Balaban J connectivity index is 1.87. The highest BCUT2D eigenvalue weighted by atomic mass is 32.2. The molecule has 0 saturated carbocycles. The summed E-state index contributed by atoms with van der Waals surface area (Å²) in [5, 5.41) is 0. The maximum absolute atomic E-state index is 13.0. The molecule has 132 valence electrons. The van der Waals surface area contributed by atoms with Crippen molar-refractivity contribution in [1.82, 2.24) is 4.31 Å². The van der Waals surface area contributed by atoms with Gasteiger partial charge in [0.1, 0.15) is 6.04 Å². The predicted molar refractivity (Wildman–Crippen MR) is 97.9 cm³/mol. The van der Waals surface area contributed by atoms with Crippen molar-refractivity contribution < 1.29 is 13.2 Å². The molecule has 1 heterocycles. The number of nitrogens with zero attached hydrogens (tertiary/aromatic N) is 2. The Morgan fingerprint density at radius 1 is 1.08 bits per heavy atom. The van der Waals surface area contributed by atoms with E-state index in [4.69, 9.17) is 0 Å². The molecule has 1 fully saturated rings. The van der Waals surface area contributed by atoms with Gasteiger partial charge in [0.2, 0.25) is 15.9 Å². The maximum atomic E-state index is 13.0. The van der Waals surface area contributed by atoms with Crippen molar-refractivity contribution in [3.8, 4) is 0 Å². The molecular weight excluding hydrogens is 336 g/mol. The fraction of sp³-hybridized carbons (Fsp3) is 0.316. The Kier molecular flexibility index (Phi) is 4.92. The fourth-order valence-electron chi connectivity index (χ4n) is 3.12. The molecule has 0 aliphatic carbocycles. The van der Waals surface area contributed by atoms with Crippen LogP contribution in [0.2, 0.25) is 0 Å². The summed E-state index contributed by atoms with van der Waals surface area (Å²) in [6.45, 7) is 2.28. The van der Waals surface area contributed by atoms with Crippen LogP contribution in [-0.2, 0) is 14.8 Å². The lowest BCUT2D eigenvalue weighted by Gasteiger charge is -2.27. The minimum Gasteiger partial charge on any atom is -0.314 e. The van der Waals surface area contributed by atoms with E-state index in [-0.39, 0.29) is 10.8 Å². The summed E-state index contributed by atoms with van der Waals surface area (Å²) in [5.74, 6) is -0.195. The van der Waals surface area contributed by atoms with Gasteiger partial charge in [-0.1, -0.05) is 35.9 Å². The van der Waals surface area contributed by atoms with Crippen LogP contribution in [-0.4, -0.2) is 38.3 Å². The summed E-state index contributed by atoms with van der Waals surface area (Å²) >= 11 is 0. The zero-order valence-electron chi connectivity index (χ0n) is 14.4. The average Bonchev–Trinajstić information content (AvgIpc) is 3.12. The largest absolute Gasteiger partial charge is 0.314 e. The Morgan fingerprint density at radius 2 is 1.72 bits per heavy atom. The highest BCUT2D eigenvalue weighted by Crippen LogP contribution is 2.28. The van der Waals surface area contributed by atoms with Crippen molar-refractivity contribution in [3.63, 3.8) is 0 Å². The van der Waals surface area contributed by atoms with E-state index in [0.717, 1.165) is 11.3 Å². The van der Waals surface area contributed by atoms with Crippen molar-refractivity contribution >= 4 is 21.6 Å². The van der Waals surface area contributed by atoms with Crippen LogP contribution >= 0.6 is 0 Å². The van der Waals surface area contributed by atoms with Gasteiger partial charge >= 0.3 is 0 Å². The third-order valence-corrected chi connectivity index (χ3v) is 6.51. The Hall–Kier alpha value is -2.18. The van der Waals surface area contributed by atoms with Crippen LogP contribution < -0.4 is 4.90 Å². The number of hydrogen-bond donors (Lipinski definition) is 0. The molecule has 0 radical (unpaired) electrons. The Morgan fingerprint density at radius 3 is 2.36 bits per heavy atom. The van der Waals surface area contributed by atoms with Crippen molar-refractivity contribution in [2.75, 3.05) is 18.5 Å². The van der Waals surface area contributed by atoms with E-state index in [1.807, 2.05) is 37.3 Å². The van der Waals surface area contributed by atoms with Crippen molar-refractivity contribution in [2.45, 2.75) is 30.7 Å². The van der Waals surface area contributed by atoms with E-state index in [9.17, 15) is 13.2 Å². The molecule has 1 atom stereocenters. The van der Waals surface area contributed by atoms with Crippen LogP contribution in [0.4, 0.5) is 5.69 Å². The first-order valence-electron chi connectivity index (χ1n) is 8.32. The lowest BCUT2D eigenvalue weighted by atomic mass is 10.2. The molecule has 1 aliphatic rings. The van der Waals surface area contributed by atoms with Crippen LogP contribution in [0.3, 0.4) is 0 Å². The summed E-state index contributed by atoms with van der Waals surface area (Å²) in [5.41, 5.74) is 1.75. The van der Waals surface area contributed by atoms with Crippen molar-refractivity contribution in [3.05, 3.63) is 60.2 Å². The normalized spacial score (nSPS) is 18.2. The molecule has 1 saturated heterocycles. The first-order valence-corrected chi connectivity index (χ1v) is 9.76. The number of hydrogen-bond acceptors (Lipinski definition) is 3. The van der Waals surface area contributed by atoms with Gasteiger partial charge in [0, 0.05) is 19.3 Å². The summed E-state index contributed by atoms with van der Waals surface area (Å²) in [6.07, 6.45) is 1.23. The topological polar surface area (TPSA) is 57.7 Å². The standard InChI is InChI=1S/C19H22N2O3S/c1-15-10-12-17(13-11-15)25(23,24)21-14-6-9-18(21)19(22)20(2)16-7-4-3-5-8-16/h3-5,7-8,10-13,18H,6,9,14H2,1-2H3/t18-/m0/s1. The Bertz CT molecular complexity index is 848. The van der Waals surface area contributed by atoms with Crippen LogP contribution in [0.15, 0.2) is 59.5 Å². The van der Waals surface area contributed by atoms with Crippen LogP contribution in [0, 0.1) is 6.92 Å². The van der Waals surface area contributed by atoms with E-state index >= 15 is 0 Å². The number of rotatable bonds is 4. The molecule has 6 heteroatoms. The van der Waals surface area contributed by atoms with E-state index in [1.54, 1.807) is 31.3 Å². The number of carbonyl (C=O) groups is 1. The van der Waals surface area contributed by atoms with Gasteiger partial charge in [-0.25, -0.2) is 8.42 Å². The average molecular weight is 358 g/mol. The first kappa shape index (κ1) is 17.6.